The van der Waals surface area contributed by atoms with Crippen molar-refractivity contribution in [2.24, 2.45) is 0 Å². The molecule has 0 N–H and O–H groups in total. The second-order valence-electron chi connectivity index (χ2n) is 7.67. The molecule has 0 aliphatic carbocycles. The Bertz CT molecular complexity index is 926. The third kappa shape index (κ3) is 3.81. The van der Waals surface area contributed by atoms with Gasteiger partial charge in [-0.3, -0.25) is 10.1 Å². The summed E-state index contributed by atoms with van der Waals surface area (Å²) in [4.78, 5) is 25.1. The molecule has 4 rings (SSSR count). The number of non-ortho nitro benzene ring substituents is 1. The van der Waals surface area contributed by atoms with Gasteiger partial charge in [0.2, 0.25) is 0 Å². The van der Waals surface area contributed by atoms with E-state index in [2.05, 4.69) is 19.7 Å². The normalized spacial score (nSPS) is 19.3. The summed E-state index contributed by atoms with van der Waals surface area (Å²) >= 11 is 0. The first-order valence-corrected chi connectivity index (χ1v) is 10.1. The van der Waals surface area contributed by atoms with Crippen LogP contribution in [-0.2, 0) is 17.7 Å². The van der Waals surface area contributed by atoms with Crippen LogP contribution in [0.2, 0.25) is 0 Å². The van der Waals surface area contributed by atoms with Gasteiger partial charge >= 0.3 is 5.97 Å². The fourth-order valence-electron chi connectivity index (χ4n) is 4.40. The van der Waals surface area contributed by atoms with Crippen LogP contribution >= 0.6 is 0 Å². The van der Waals surface area contributed by atoms with E-state index < -0.39 is 10.9 Å². The number of carbonyl (C=O) groups excluding carboxylic acids is 1. The number of nitro groups is 1. The first-order chi connectivity index (χ1) is 14.1. The quantitative estimate of drug-likeness (QED) is 0.442. The molecule has 1 saturated heterocycles. The maximum atomic E-state index is 12.3. The first kappa shape index (κ1) is 19.4. The Morgan fingerprint density at radius 1 is 1.21 bits per heavy atom. The van der Waals surface area contributed by atoms with Gasteiger partial charge in [0.25, 0.3) is 5.69 Å². The molecule has 0 saturated carbocycles. The Morgan fingerprint density at radius 3 is 2.86 bits per heavy atom. The molecule has 1 unspecified atom stereocenters. The highest BCUT2D eigenvalue weighted by Gasteiger charge is 2.30. The topological polar surface area (TPSA) is 103 Å². The number of anilines is 1. The van der Waals surface area contributed by atoms with Crippen molar-refractivity contribution in [2.75, 3.05) is 25.1 Å². The largest absolute Gasteiger partial charge is 0.465 e. The van der Waals surface area contributed by atoms with Crippen molar-refractivity contribution in [1.82, 2.24) is 14.8 Å². The zero-order chi connectivity index (χ0) is 20.4. The highest BCUT2D eigenvalue weighted by Crippen LogP contribution is 2.33. The Balaban J connectivity index is 1.63. The van der Waals surface area contributed by atoms with Crippen LogP contribution in [0, 0.1) is 10.1 Å². The van der Waals surface area contributed by atoms with Crippen LogP contribution in [0.5, 0.6) is 0 Å². The Morgan fingerprint density at radius 2 is 2.07 bits per heavy atom. The van der Waals surface area contributed by atoms with Crippen molar-refractivity contribution < 1.29 is 14.5 Å². The number of esters is 1. The average molecular weight is 399 g/mol. The van der Waals surface area contributed by atoms with Gasteiger partial charge < -0.3 is 14.2 Å². The molecule has 9 heteroatoms. The summed E-state index contributed by atoms with van der Waals surface area (Å²) in [5.74, 6) is 1.74. The highest BCUT2D eigenvalue weighted by molar-refractivity contribution is 5.96. The third-order valence-corrected chi connectivity index (χ3v) is 5.86. The van der Waals surface area contributed by atoms with E-state index in [9.17, 15) is 14.9 Å². The van der Waals surface area contributed by atoms with Crippen LogP contribution in [0.3, 0.4) is 0 Å². The number of fused-ring (bicyclic) bond motifs is 1. The van der Waals surface area contributed by atoms with Crippen molar-refractivity contribution >= 4 is 17.3 Å². The average Bonchev–Trinajstić information content (AvgIpc) is 3.01. The summed E-state index contributed by atoms with van der Waals surface area (Å²) < 4.78 is 7.15. The molecule has 2 aliphatic rings. The number of methoxy groups -OCH3 is 1. The molecular formula is C20H25N5O4. The summed E-state index contributed by atoms with van der Waals surface area (Å²) in [5.41, 5.74) is 0.774. The zero-order valence-electron chi connectivity index (χ0n) is 16.5. The Hall–Kier alpha value is -2.97. The lowest BCUT2D eigenvalue weighted by Crippen LogP contribution is -2.36. The maximum absolute atomic E-state index is 12.3. The van der Waals surface area contributed by atoms with Crippen LogP contribution in [0.4, 0.5) is 11.4 Å². The Labute approximate surface area is 168 Å². The van der Waals surface area contributed by atoms with Gasteiger partial charge in [0.05, 0.1) is 23.3 Å². The molecule has 1 aromatic heterocycles. The fourth-order valence-corrected chi connectivity index (χ4v) is 4.40. The van der Waals surface area contributed by atoms with Gasteiger partial charge in [-0.05, 0) is 31.7 Å². The summed E-state index contributed by atoms with van der Waals surface area (Å²) in [6.45, 7) is 2.43. The van der Waals surface area contributed by atoms with Gasteiger partial charge in [-0.2, -0.15) is 0 Å². The summed E-state index contributed by atoms with van der Waals surface area (Å²) in [7, 11) is 1.29. The van der Waals surface area contributed by atoms with E-state index in [1.54, 1.807) is 6.07 Å². The highest BCUT2D eigenvalue weighted by atomic mass is 16.6. The summed E-state index contributed by atoms with van der Waals surface area (Å²) in [5, 5.41) is 20.1. The molecule has 3 heterocycles. The second-order valence-corrected chi connectivity index (χ2v) is 7.67. The lowest BCUT2D eigenvalue weighted by molar-refractivity contribution is -0.384. The molecule has 2 aliphatic heterocycles. The molecule has 0 spiro atoms. The molecular weight excluding hydrogens is 374 g/mol. The van der Waals surface area contributed by atoms with Crippen molar-refractivity contribution in [2.45, 2.75) is 51.0 Å². The number of nitrogens with zero attached hydrogens (tertiary/aromatic N) is 5. The molecule has 1 fully saturated rings. The van der Waals surface area contributed by atoms with Crippen LogP contribution in [0.15, 0.2) is 18.2 Å². The molecule has 29 heavy (non-hydrogen) atoms. The predicted octanol–water partition coefficient (Wildman–Crippen LogP) is 3.08. The molecule has 0 amide bonds. The molecule has 1 atom stereocenters. The standard InChI is InChI=1S/C20H25N5O4/c1-29-20(26)16-12-15(25(27)28)8-9-17(16)23-10-5-6-14(13-23)19-22-21-18-7-3-2-4-11-24(18)19/h8-9,12,14H,2-7,10-11,13H2,1H3. The number of rotatable bonds is 4. The third-order valence-electron chi connectivity index (χ3n) is 5.86. The molecule has 0 bridgehead atoms. The van der Waals surface area contributed by atoms with Gasteiger partial charge in [-0.1, -0.05) is 6.42 Å². The lowest BCUT2D eigenvalue weighted by atomic mass is 9.95. The number of benzene rings is 1. The molecule has 2 aromatic rings. The van der Waals surface area contributed by atoms with E-state index in [0.717, 1.165) is 56.8 Å². The molecule has 154 valence electrons. The SMILES string of the molecule is COC(=O)c1cc([N+](=O)[O-])ccc1N1CCCC(c2nnc3n2CCCCC3)C1. The number of aryl methyl sites for hydroxylation is 1. The van der Waals surface area contributed by atoms with Gasteiger partial charge in [-0.25, -0.2) is 4.79 Å². The fraction of sp³-hybridized carbons (Fsp3) is 0.550. The zero-order valence-corrected chi connectivity index (χ0v) is 16.5. The number of hydrogen-bond acceptors (Lipinski definition) is 7. The molecule has 1 aromatic carbocycles. The summed E-state index contributed by atoms with van der Waals surface area (Å²) in [6, 6.07) is 4.39. The van der Waals surface area contributed by atoms with Crippen molar-refractivity contribution in [3.05, 3.63) is 45.5 Å². The van der Waals surface area contributed by atoms with Gasteiger partial charge in [0.1, 0.15) is 11.6 Å². The number of ether oxygens (including phenoxy) is 1. The lowest BCUT2D eigenvalue weighted by Gasteiger charge is -2.35. The first-order valence-electron chi connectivity index (χ1n) is 10.1. The van der Waals surface area contributed by atoms with E-state index in [0.29, 0.717) is 12.2 Å². The smallest absolute Gasteiger partial charge is 0.340 e. The minimum atomic E-state index is -0.567. The number of aromatic nitrogens is 3. The number of carbonyl (C=O) groups is 1. The van der Waals surface area contributed by atoms with Crippen molar-refractivity contribution in [3.8, 4) is 0 Å². The Kier molecular flexibility index (Phi) is 5.46. The van der Waals surface area contributed by atoms with Gasteiger partial charge in [0, 0.05) is 44.1 Å². The van der Waals surface area contributed by atoms with Gasteiger partial charge in [-0.15, -0.1) is 10.2 Å². The van der Waals surface area contributed by atoms with E-state index in [-0.39, 0.29) is 17.2 Å². The molecule has 0 radical (unpaired) electrons. The van der Waals surface area contributed by atoms with E-state index in [4.69, 9.17) is 4.74 Å². The van der Waals surface area contributed by atoms with Gasteiger partial charge in [0.15, 0.2) is 0 Å². The molecule has 9 nitrogen and oxygen atoms in total. The predicted molar refractivity (Wildman–Crippen MR) is 106 cm³/mol. The van der Waals surface area contributed by atoms with E-state index in [1.807, 2.05) is 0 Å². The van der Waals surface area contributed by atoms with Crippen LogP contribution < -0.4 is 4.90 Å². The second kappa shape index (κ2) is 8.18. The summed E-state index contributed by atoms with van der Waals surface area (Å²) in [6.07, 6.45) is 6.44. The van der Waals surface area contributed by atoms with Crippen LogP contribution in [-0.4, -0.2) is 45.9 Å². The van der Waals surface area contributed by atoms with Crippen LogP contribution in [0.25, 0.3) is 0 Å². The monoisotopic (exact) mass is 399 g/mol. The van der Waals surface area contributed by atoms with Crippen molar-refractivity contribution in [3.63, 3.8) is 0 Å². The number of hydrogen-bond donors (Lipinski definition) is 0. The minimum absolute atomic E-state index is 0.120. The number of nitro benzene ring substituents is 1. The van der Waals surface area contributed by atoms with E-state index in [1.165, 1.54) is 25.7 Å². The number of piperidine rings is 1. The van der Waals surface area contributed by atoms with Crippen molar-refractivity contribution in [1.29, 1.82) is 0 Å². The minimum Gasteiger partial charge on any atom is -0.465 e. The van der Waals surface area contributed by atoms with Crippen LogP contribution in [0.1, 0.15) is 60.0 Å². The maximum Gasteiger partial charge on any atom is 0.340 e. The van der Waals surface area contributed by atoms with E-state index >= 15 is 0 Å².